The second-order valence-electron chi connectivity index (χ2n) is 6.66. The largest absolute Gasteiger partial charge is 0.483 e. The topological polar surface area (TPSA) is 69.0 Å². The predicted molar refractivity (Wildman–Crippen MR) is 121 cm³/mol. The summed E-state index contributed by atoms with van der Waals surface area (Å²) in [4.78, 5) is 12.3. The number of aromatic nitrogens is 3. The smallest absolute Gasteiger partial charge is 0.234 e. The van der Waals surface area contributed by atoms with E-state index in [-0.39, 0.29) is 17.8 Å². The molecule has 30 heavy (non-hydrogen) atoms. The van der Waals surface area contributed by atoms with E-state index in [0.29, 0.717) is 22.4 Å². The lowest BCUT2D eigenvalue weighted by Crippen LogP contribution is -2.15. The van der Waals surface area contributed by atoms with Gasteiger partial charge in [-0.05, 0) is 50.1 Å². The van der Waals surface area contributed by atoms with Gasteiger partial charge in [0.25, 0.3) is 0 Å². The molecule has 0 spiro atoms. The Balaban J connectivity index is 1.62. The van der Waals surface area contributed by atoms with Gasteiger partial charge in [-0.3, -0.25) is 4.79 Å². The maximum Gasteiger partial charge on any atom is 0.234 e. The summed E-state index contributed by atoms with van der Waals surface area (Å²) in [7, 11) is 0. The molecule has 0 radical (unpaired) electrons. The maximum absolute atomic E-state index is 12.3. The normalized spacial score (nSPS) is 11.9. The molecule has 0 aliphatic rings. The van der Waals surface area contributed by atoms with E-state index in [4.69, 9.17) is 16.3 Å². The van der Waals surface area contributed by atoms with Gasteiger partial charge in [0.05, 0.1) is 16.5 Å². The Morgan fingerprint density at radius 3 is 2.57 bits per heavy atom. The number of nitrogens with zero attached hydrogens (tertiary/aromatic N) is 3. The number of ether oxygens (including phenoxy) is 1. The van der Waals surface area contributed by atoms with Gasteiger partial charge >= 0.3 is 0 Å². The first-order valence-electron chi connectivity index (χ1n) is 9.87. The lowest BCUT2D eigenvalue weighted by Gasteiger charge is -2.16. The summed E-state index contributed by atoms with van der Waals surface area (Å²) in [6.07, 6.45) is 0.723. The summed E-state index contributed by atoms with van der Waals surface area (Å²) in [5.74, 6) is 1.57. The first-order chi connectivity index (χ1) is 14.5. The number of benzene rings is 2. The standard InChI is InChI=1S/C22H25ClN4O2S/c1-4-16-10-12-17(13-11-16)29-15(3)21-25-26-22(27(21)5-2)30-14-20(28)24-19-9-7-6-8-18(19)23/h6-13,15H,4-5,14H2,1-3H3,(H,24,28)/t15-/m1/s1. The molecule has 0 aliphatic heterocycles. The monoisotopic (exact) mass is 444 g/mol. The minimum atomic E-state index is -0.267. The number of aryl methyl sites for hydroxylation is 1. The van der Waals surface area contributed by atoms with E-state index in [1.165, 1.54) is 17.3 Å². The van der Waals surface area contributed by atoms with E-state index < -0.39 is 0 Å². The molecule has 3 rings (SSSR count). The fourth-order valence-corrected chi connectivity index (χ4v) is 3.94. The second kappa shape index (κ2) is 10.5. The van der Waals surface area contributed by atoms with Gasteiger partial charge in [-0.1, -0.05) is 54.6 Å². The Labute approximate surface area is 186 Å². The summed E-state index contributed by atoms with van der Waals surface area (Å²) in [5, 5.41) is 12.6. The molecule has 6 nitrogen and oxygen atoms in total. The molecule has 1 aromatic heterocycles. The van der Waals surface area contributed by atoms with Gasteiger partial charge in [-0.15, -0.1) is 10.2 Å². The zero-order valence-electron chi connectivity index (χ0n) is 17.3. The third kappa shape index (κ3) is 5.55. The van der Waals surface area contributed by atoms with Crippen LogP contribution in [0, 0.1) is 0 Å². The second-order valence-corrected chi connectivity index (χ2v) is 8.01. The van der Waals surface area contributed by atoms with Crippen molar-refractivity contribution < 1.29 is 9.53 Å². The third-order valence-electron chi connectivity index (χ3n) is 4.55. The van der Waals surface area contributed by atoms with Crippen molar-refractivity contribution >= 4 is 35.0 Å². The quantitative estimate of drug-likeness (QED) is 0.448. The number of amides is 1. The van der Waals surface area contributed by atoms with Crippen LogP contribution in [0.25, 0.3) is 0 Å². The van der Waals surface area contributed by atoms with Gasteiger partial charge in [-0.25, -0.2) is 0 Å². The average Bonchev–Trinajstić information content (AvgIpc) is 3.17. The number of carbonyl (C=O) groups is 1. The molecule has 158 valence electrons. The molecule has 2 aromatic carbocycles. The molecule has 0 saturated carbocycles. The molecular formula is C22H25ClN4O2S. The number of halogens is 1. The molecular weight excluding hydrogens is 420 g/mol. The van der Waals surface area contributed by atoms with Gasteiger partial charge in [0.15, 0.2) is 17.1 Å². The number of nitrogens with one attached hydrogen (secondary N) is 1. The lowest BCUT2D eigenvalue weighted by atomic mass is 10.2. The van der Waals surface area contributed by atoms with Crippen molar-refractivity contribution in [1.29, 1.82) is 0 Å². The van der Waals surface area contributed by atoms with E-state index in [1.807, 2.05) is 42.7 Å². The number of rotatable bonds is 9. The zero-order chi connectivity index (χ0) is 21.5. The van der Waals surface area contributed by atoms with Crippen molar-refractivity contribution in [1.82, 2.24) is 14.8 Å². The number of hydrogen-bond acceptors (Lipinski definition) is 5. The third-order valence-corrected chi connectivity index (χ3v) is 5.85. The highest BCUT2D eigenvalue weighted by Crippen LogP contribution is 2.26. The highest BCUT2D eigenvalue weighted by Gasteiger charge is 2.19. The van der Waals surface area contributed by atoms with Crippen molar-refractivity contribution in [3.8, 4) is 5.75 Å². The highest BCUT2D eigenvalue weighted by atomic mass is 35.5. The van der Waals surface area contributed by atoms with Crippen LogP contribution < -0.4 is 10.1 Å². The minimum Gasteiger partial charge on any atom is -0.483 e. The molecule has 1 N–H and O–H groups in total. The van der Waals surface area contributed by atoms with Gasteiger partial charge in [0, 0.05) is 6.54 Å². The fraction of sp³-hybridized carbons (Fsp3) is 0.318. The molecule has 1 amide bonds. The molecule has 0 fully saturated rings. The SMILES string of the molecule is CCc1ccc(O[C@H](C)c2nnc(SCC(=O)Nc3ccccc3Cl)n2CC)cc1. The van der Waals surface area contributed by atoms with E-state index in [2.05, 4.69) is 34.6 Å². The van der Waals surface area contributed by atoms with Crippen LogP contribution in [0.3, 0.4) is 0 Å². The molecule has 0 unspecified atom stereocenters. The number of hydrogen-bond donors (Lipinski definition) is 1. The van der Waals surface area contributed by atoms with E-state index in [0.717, 1.165) is 18.0 Å². The molecule has 0 saturated heterocycles. The maximum atomic E-state index is 12.3. The minimum absolute atomic E-state index is 0.152. The van der Waals surface area contributed by atoms with Crippen LogP contribution in [-0.4, -0.2) is 26.4 Å². The first-order valence-corrected chi connectivity index (χ1v) is 11.2. The summed E-state index contributed by atoms with van der Waals surface area (Å²) in [6, 6.07) is 15.2. The van der Waals surface area contributed by atoms with Gasteiger partial charge in [-0.2, -0.15) is 0 Å². The Morgan fingerprint density at radius 2 is 1.90 bits per heavy atom. The summed E-state index contributed by atoms with van der Waals surface area (Å²) < 4.78 is 8.02. The number of para-hydroxylation sites is 1. The average molecular weight is 445 g/mol. The van der Waals surface area contributed by atoms with Crippen molar-refractivity contribution in [3.63, 3.8) is 0 Å². The Bertz CT molecular complexity index is 991. The van der Waals surface area contributed by atoms with Crippen LogP contribution in [0.5, 0.6) is 5.75 Å². The number of carbonyl (C=O) groups excluding carboxylic acids is 1. The van der Waals surface area contributed by atoms with Crippen LogP contribution in [0.2, 0.25) is 5.02 Å². The number of anilines is 1. The Morgan fingerprint density at radius 1 is 1.17 bits per heavy atom. The molecule has 1 heterocycles. The van der Waals surface area contributed by atoms with Crippen LogP contribution in [-0.2, 0) is 17.8 Å². The predicted octanol–water partition coefficient (Wildman–Crippen LogP) is 5.38. The van der Waals surface area contributed by atoms with Crippen LogP contribution in [0.4, 0.5) is 5.69 Å². The van der Waals surface area contributed by atoms with Crippen molar-refractivity contribution in [2.75, 3.05) is 11.1 Å². The summed E-state index contributed by atoms with van der Waals surface area (Å²) in [5.41, 5.74) is 1.86. The Kier molecular flexibility index (Phi) is 7.76. The molecule has 0 aliphatic carbocycles. The van der Waals surface area contributed by atoms with Gasteiger partial charge in [0.2, 0.25) is 5.91 Å². The van der Waals surface area contributed by atoms with Crippen molar-refractivity contribution in [2.45, 2.75) is 45.0 Å². The summed E-state index contributed by atoms with van der Waals surface area (Å²) >= 11 is 7.43. The number of thioether (sulfide) groups is 1. The molecule has 1 atom stereocenters. The van der Waals surface area contributed by atoms with Crippen molar-refractivity contribution in [2.24, 2.45) is 0 Å². The van der Waals surface area contributed by atoms with Crippen molar-refractivity contribution in [3.05, 3.63) is 64.9 Å². The first kappa shape index (κ1) is 22.2. The van der Waals surface area contributed by atoms with Crippen LogP contribution in [0.1, 0.15) is 38.3 Å². The molecule has 3 aromatic rings. The van der Waals surface area contributed by atoms with Gasteiger partial charge < -0.3 is 14.6 Å². The molecule has 0 bridgehead atoms. The lowest BCUT2D eigenvalue weighted by molar-refractivity contribution is -0.113. The summed E-state index contributed by atoms with van der Waals surface area (Å²) in [6.45, 7) is 6.77. The van der Waals surface area contributed by atoms with E-state index >= 15 is 0 Å². The van der Waals surface area contributed by atoms with Gasteiger partial charge in [0.1, 0.15) is 5.75 Å². The zero-order valence-corrected chi connectivity index (χ0v) is 18.8. The van der Waals surface area contributed by atoms with Crippen LogP contribution in [0.15, 0.2) is 53.7 Å². The fourth-order valence-electron chi connectivity index (χ4n) is 2.94. The highest BCUT2D eigenvalue weighted by molar-refractivity contribution is 7.99. The van der Waals surface area contributed by atoms with E-state index in [1.54, 1.807) is 12.1 Å². The molecule has 8 heteroatoms. The van der Waals surface area contributed by atoms with E-state index in [9.17, 15) is 4.79 Å². The van der Waals surface area contributed by atoms with Crippen LogP contribution >= 0.6 is 23.4 Å². The Hall–Kier alpha value is -2.51.